The first kappa shape index (κ1) is 17.3. The molecule has 0 saturated heterocycles. The number of carboxylic acid groups (broad SMARTS) is 1. The van der Waals surface area contributed by atoms with Crippen LogP contribution in [0.4, 0.5) is 4.39 Å². The number of hydrogen-bond donors (Lipinski definition) is 1. The van der Waals surface area contributed by atoms with Crippen molar-refractivity contribution in [2.75, 3.05) is 14.2 Å². The van der Waals surface area contributed by atoms with E-state index in [4.69, 9.17) is 9.47 Å². The molecule has 118 valence electrons. The van der Waals surface area contributed by atoms with Crippen molar-refractivity contribution >= 4 is 5.97 Å². The smallest absolute Gasteiger partial charge is 0.309 e. The molecule has 5 heteroatoms. The van der Waals surface area contributed by atoms with Crippen molar-refractivity contribution < 1.29 is 23.8 Å². The number of aliphatic carboxylic acids is 1. The second-order valence-corrected chi connectivity index (χ2v) is 6.20. The second kappa shape index (κ2) is 5.92. The van der Waals surface area contributed by atoms with Crippen LogP contribution in [-0.4, -0.2) is 25.3 Å². The highest BCUT2D eigenvalue weighted by molar-refractivity contribution is 5.74. The molecule has 0 fully saturated rings. The minimum Gasteiger partial charge on any atom is -0.493 e. The summed E-state index contributed by atoms with van der Waals surface area (Å²) in [6, 6.07) is 3.23. The second-order valence-electron chi connectivity index (χ2n) is 6.20. The lowest BCUT2D eigenvalue weighted by Crippen LogP contribution is -2.27. The summed E-state index contributed by atoms with van der Waals surface area (Å²) in [6.07, 6.45) is 0.200. The molecule has 0 unspecified atom stereocenters. The third-order valence-electron chi connectivity index (χ3n) is 3.46. The van der Waals surface area contributed by atoms with Gasteiger partial charge < -0.3 is 14.6 Å². The highest BCUT2D eigenvalue weighted by Gasteiger charge is 2.32. The van der Waals surface area contributed by atoms with Crippen molar-refractivity contribution in [1.82, 2.24) is 0 Å². The molecule has 0 spiro atoms. The Labute approximate surface area is 124 Å². The lowest BCUT2D eigenvalue weighted by Gasteiger charge is -2.26. The van der Waals surface area contributed by atoms with E-state index in [0.29, 0.717) is 22.6 Å². The molecule has 1 aromatic rings. The van der Waals surface area contributed by atoms with Crippen LogP contribution >= 0.6 is 0 Å². The van der Waals surface area contributed by atoms with E-state index >= 15 is 0 Å². The van der Waals surface area contributed by atoms with Gasteiger partial charge in [-0.2, -0.15) is 0 Å². The van der Waals surface area contributed by atoms with Crippen molar-refractivity contribution in [1.29, 1.82) is 0 Å². The van der Waals surface area contributed by atoms with Crippen LogP contribution in [0.5, 0.6) is 11.5 Å². The molecule has 0 aliphatic rings. The molecular formula is C16H23FO4. The SMILES string of the molecule is COc1cc(CC(C)(C)C(=O)O)c(C(C)(C)F)cc1OC. The van der Waals surface area contributed by atoms with E-state index in [-0.39, 0.29) is 6.42 Å². The summed E-state index contributed by atoms with van der Waals surface area (Å²) in [5, 5.41) is 9.27. The topological polar surface area (TPSA) is 55.8 Å². The Hall–Kier alpha value is -1.78. The van der Waals surface area contributed by atoms with E-state index in [9.17, 15) is 14.3 Å². The Morgan fingerprint density at radius 2 is 1.62 bits per heavy atom. The van der Waals surface area contributed by atoms with Gasteiger partial charge >= 0.3 is 5.97 Å². The van der Waals surface area contributed by atoms with Crippen LogP contribution in [-0.2, 0) is 16.9 Å². The lowest BCUT2D eigenvalue weighted by molar-refractivity contribution is -0.146. The molecule has 0 heterocycles. The molecule has 4 nitrogen and oxygen atoms in total. The third kappa shape index (κ3) is 3.86. The number of benzene rings is 1. The molecule has 0 radical (unpaired) electrons. The quantitative estimate of drug-likeness (QED) is 0.872. The minimum absolute atomic E-state index is 0.200. The Balaban J connectivity index is 3.44. The highest BCUT2D eigenvalue weighted by atomic mass is 19.1. The summed E-state index contributed by atoms with van der Waals surface area (Å²) in [5.74, 6) is -0.0447. The van der Waals surface area contributed by atoms with Crippen LogP contribution in [0.15, 0.2) is 12.1 Å². The van der Waals surface area contributed by atoms with Gasteiger partial charge in [0, 0.05) is 0 Å². The van der Waals surface area contributed by atoms with E-state index in [1.165, 1.54) is 28.1 Å². The molecule has 0 aliphatic heterocycles. The maximum atomic E-state index is 14.5. The number of methoxy groups -OCH3 is 2. The van der Waals surface area contributed by atoms with Crippen molar-refractivity contribution in [3.05, 3.63) is 23.3 Å². The number of carbonyl (C=O) groups is 1. The average Bonchev–Trinajstić information content (AvgIpc) is 2.36. The zero-order chi connectivity index (χ0) is 16.4. The summed E-state index contributed by atoms with van der Waals surface area (Å²) in [4.78, 5) is 11.3. The predicted octanol–water partition coefficient (Wildman–Crippen LogP) is 3.56. The zero-order valence-corrected chi connectivity index (χ0v) is 13.4. The normalized spacial score (nSPS) is 12.1. The molecule has 1 rings (SSSR count). The fourth-order valence-corrected chi connectivity index (χ4v) is 2.17. The molecule has 0 bridgehead atoms. The van der Waals surface area contributed by atoms with Crippen LogP contribution in [0, 0.1) is 5.41 Å². The predicted molar refractivity (Wildman–Crippen MR) is 78.8 cm³/mol. The maximum absolute atomic E-state index is 14.5. The molecule has 0 amide bonds. The number of rotatable bonds is 6. The van der Waals surface area contributed by atoms with Gasteiger partial charge in [-0.3, -0.25) is 4.79 Å². The Kier molecular flexibility index (Phi) is 4.87. The van der Waals surface area contributed by atoms with Gasteiger partial charge in [-0.05, 0) is 57.4 Å². The zero-order valence-electron chi connectivity index (χ0n) is 13.4. The molecule has 0 aliphatic carbocycles. The van der Waals surface area contributed by atoms with E-state index in [1.807, 2.05) is 0 Å². The third-order valence-corrected chi connectivity index (χ3v) is 3.46. The molecule has 0 saturated carbocycles. The first-order chi connectivity index (χ1) is 9.52. The summed E-state index contributed by atoms with van der Waals surface area (Å²) in [7, 11) is 2.97. The number of alkyl halides is 1. The highest BCUT2D eigenvalue weighted by Crippen LogP contribution is 2.39. The molecule has 0 atom stereocenters. The standard InChI is InChI=1S/C16H23FO4/c1-15(2,14(18)19)9-10-7-12(20-5)13(21-6)8-11(10)16(3,4)17/h7-8H,9H2,1-6H3,(H,18,19). The Bertz CT molecular complexity index is 530. The minimum atomic E-state index is -1.61. The van der Waals surface area contributed by atoms with Gasteiger partial charge in [-0.1, -0.05) is 0 Å². The summed E-state index contributed by atoms with van der Waals surface area (Å²) < 4.78 is 24.9. The monoisotopic (exact) mass is 298 g/mol. The van der Waals surface area contributed by atoms with Gasteiger partial charge in [-0.15, -0.1) is 0 Å². The first-order valence-electron chi connectivity index (χ1n) is 6.70. The molecule has 1 N–H and O–H groups in total. The summed E-state index contributed by atoms with van der Waals surface area (Å²) in [6.45, 7) is 6.10. The van der Waals surface area contributed by atoms with Gasteiger partial charge in [0.1, 0.15) is 5.67 Å². The molecule has 0 aromatic heterocycles. The van der Waals surface area contributed by atoms with Crippen molar-refractivity contribution in [2.45, 2.75) is 39.8 Å². The van der Waals surface area contributed by atoms with Gasteiger partial charge in [0.05, 0.1) is 19.6 Å². The van der Waals surface area contributed by atoms with E-state index in [1.54, 1.807) is 26.0 Å². The number of hydrogen-bond acceptors (Lipinski definition) is 3. The average molecular weight is 298 g/mol. The molecule has 1 aromatic carbocycles. The van der Waals surface area contributed by atoms with Crippen LogP contribution in [0.2, 0.25) is 0 Å². The summed E-state index contributed by atoms with van der Waals surface area (Å²) >= 11 is 0. The lowest BCUT2D eigenvalue weighted by atomic mass is 9.81. The number of halogens is 1. The van der Waals surface area contributed by atoms with Crippen molar-refractivity contribution in [3.63, 3.8) is 0 Å². The maximum Gasteiger partial charge on any atom is 0.309 e. The first-order valence-corrected chi connectivity index (χ1v) is 6.70. The van der Waals surface area contributed by atoms with Crippen LogP contribution in [0.3, 0.4) is 0 Å². The largest absolute Gasteiger partial charge is 0.493 e. The van der Waals surface area contributed by atoms with Crippen molar-refractivity contribution in [2.24, 2.45) is 5.41 Å². The number of carboxylic acids is 1. The van der Waals surface area contributed by atoms with Crippen LogP contribution < -0.4 is 9.47 Å². The van der Waals surface area contributed by atoms with Gasteiger partial charge in [0.15, 0.2) is 11.5 Å². The van der Waals surface area contributed by atoms with Gasteiger partial charge in [-0.25, -0.2) is 4.39 Å². The Morgan fingerprint density at radius 1 is 1.14 bits per heavy atom. The van der Waals surface area contributed by atoms with E-state index in [0.717, 1.165) is 0 Å². The molecule has 21 heavy (non-hydrogen) atoms. The number of ether oxygens (including phenoxy) is 2. The van der Waals surface area contributed by atoms with Crippen LogP contribution in [0.1, 0.15) is 38.8 Å². The van der Waals surface area contributed by atoms with Gasteiger partial charge in [0.25, 0.3) is 0 Å². The summed E-state index contributed by atoms with van der Waals surface area (Å²) in [5.41, 5.74) is -1.59. The van der Waals surface area contributed by atoms with Crippen LogP contribution in [0.25, 0.3) is 0 Å². The fourth-order valence-electron chi connectivity index (χ4n) is 2.17. The van der Waals surface area contributed by atoms with E-state index < -0.39 is 17.1 Å². The Morgan fingerprint density at radius 3 is 2.00 bits per heavy atom. The molecular weight excluding hydrogens is 275 g/mol. The fraction of sp³-hybridized carbons (Fsp3) is 0.562. The van der Waals surface area contributed by atoms with Crippen molar-refractivity contribution in [3.8, 4) is 11.5 Å². The van der Waals surface area contributed by atoms with E-state index in [2.05, 4.69) is 0 Å². The van der Waals surface area contributed by atoms with Gasteiger partial charge in [0.2, 0.25) is 0 Å².